The van der Waals surface area contributed by atoms with Crippen LogP contribution in [-0.4, -0.2) is 43.2 Å². The third-order valence-corrected chi connectivity index (χ3v) is 16.4. The maximum absolute atomic E-state index is 13.8. The first-order valence-corrected chi connectivity index (χ1v) is 22.5. The zero-order valence-electron chi connectivity index (χ0n) is 30.1. The van der Waals surface area contributed by atoms with Crippen LogP contribution in [0.15, 0.2) is 0 Å². The Morgan fingerprint density at radius 3 is 1.12 bits per heavy atom. The monoisotopic (exact) mass is 629 g/mol. The number of rotatable bonds is 34. The summed E-state index contributed by atoms with van der Waals surface area (Å²) >= 11 is 0. The normalized spacial score (nSPS) is 13.6. The maximum atomic E-state index is 13.8. The van der Waals surface area contributed by atoms with E-state index in [0.717, 1.165) is 37.5 Å². The van der Waals surface area contributed by atoms with E-state index < -0.39 is 12.9 Å². The summed E-state index contributed by atoms with van der Waals surface area (Å²) in [7, 11) is 0. The predicted molar refractivity (Wildman–Crippen MR) is 197 cm³/mol. The molecule has 0 aromatic heterocycles. The number of carbonyl (C=O) groups is 1. The summed E-state index contributed by atoms with van der Waals surface area (Å²) < 4.78 is 7.09. The number of hydrogen-bond acceptors (Lipinski definition) is 4. The zero-order chi connectivity index (χ0) is 31.9. The molecule has 0 saturated carbocycles. The van der Waals surface area contributed by atoms with E-state index in [4.69, 9.17) is 16.0 Å². The first-order chi connectivity index (χ1) is 20.9. The minimum absolute atomic E-state index is 0.0879. The van der Waals surface area contributed by atoms with Gasteiger partial charge in [-0.15, -0.1) is 0 Å². The molecule has 0 aromatic rings. The fourth-order valence-corrected chi connectivity index (χ4v) is 13.4. The van der Waals surface area contributed by atoms with Gasteiger partial charge in [-0.3, -0.25) is 0 Å². The number of nitrogens with two attached hydrogens (primary N) is 2. The van der Waals surface area contributed by atoms with Crippen LogP contribution in [0.25, 0.3) is 0 Å². The second kappa shape index (κ2) is 29.2. The van der Waals surface area contributed by atoms with Crippen LogP contribution in [0.2, 0.25) is 0 Å². The molecule has 5 heteroatoms. The van der Waals surface area contributed by atoms with E-state index >= 15 is 0 Å². The Balaban J connectivity index is 5.63. The number of unbranched alkanes of at least 4 members (excludes halogenated alkanes) is 21. The fourth-order valence-electron chi connectivity index (χ4n) is 6.97. The van der Waals surface area contributed by atoms with Crippen LogP contribution < -0.4 is 11.5 Å². The number of carbonyl (C=O) groups excluding carboxylic acids is 1. The van der Waals surface area contributed by atoms with Crippen LogP contribution in [0.5, 0.6) is 0 Å². The summed E-state index contributed by atoms with van der Waals surface area (Å²) in [6.07, 6.45) is 38.5. The first kappa shape index (κ1) is 42.8. The molecule has 43 heavy (non-hydrogen) atoms. The van der Waals surface area contributed by atoms with Gasteiger partial charge in [0.05, 0.1) is 0 Å². The van der Waals surface area contributed by atoms with E-state index in [1.807, 2.05) is 0 Å². The van der Waals surface area contributed by atoms with Crippen molar-refractivity contribution in [2.75, 3.05) is 31.2 Å². The predicted octanol–water partition coefficient (Wildman–Crippen LogP) is 11.9. The van der Waals surface area contributed by atoms with Crippen molar-refractivity contribution >= 4 is 12.8 Å². The van der Waals surface area contributed by atoms with Crippen LogP contribution in [0.3, 0.4) is 0 Å². The molecule has 0 aliphatic heterocycles. The van der Waals surface area contributed by atoms with Crippen LogP contribution in [-0.2, 0) is 9.32 Å². The van der Waals surface area contributed by atoms with E-state index in [1.54, 1.807) is 0 Å². The van der Waals surface area contributed by atoms with Crippen molar-refractivity contribution in [2.45, 2.75) is 207 Å². The van der Waals surface area contributed by atoms with Crippen LogP contribution in [0.4, 0.5) is 0 Å². The summed E-state index contributed by atoms with van der Waals surface area (Å²) in [6, 6.07) is -0.503. The molecular formula is C38H81N2O2P. The van der Waals surface area contributed by atoms with E-state index in [1.165, 1.54) is 154 Å². The van der Waals surface area contributed by atoms with Crippen LogP contribution in [0.1, 0.15) is 201 Å². The second-order valence-corrected chi connectivity index (χ2v) is 19.8. The SMILES string of the molecule is CCCCCCCCCCCCCCP(CCCCCC)(CCCCCC)(CCCCCC)OC(=O)[C@@H](N)CCCCN. The van der Waals surface area contributed by atoms with E-state index in [0.29, 0.717) is 13.0 Å². The van der Waals surface area contributed by atoms with Crippen LogP contribution >= 0.6 is 6.83 Å². The molecular weight excluding hydrogens is 547 g/mol. The second-order valence-electron chi connectivity index (χ2n) is 14.1. The molecule has 0 rings (SSSR count). The van der Waals surface area contributed by atoms with Gasteiger partial charge in [-0.25, -0.2) is 0 Å². The van der Waals surface area contributed by atoms with Gasteiger partial charge in [-0.2, -0.15) is 0 Å². The Labute approximate surface area is 271 Å². The Morgan fingerprint density at radius 2 is 0.791 bits per heavy atom. The molecule has 0 amide bonds. The van der Waals surface area contributed by atoms with Crippen molar-refractivity contribution in [3.8, 4) is 0 Å². The van der Waals surface area contributed by atoms with Gasteiger partial charge in [-0.05, 0) is 0 Å². The van der Waals surface area contributed by atoms with Crippen LogP contribution in [0, 0.1) is 0 Å². The zero-order valence-corrected chi connectivity index (χ0v) is 31.0. The number of hydrogen-bond donors (Lipinski definition) is 2. The van der Waals surface area contributed by atoms with Gasteiger partial charge in [0.2, 0.25) is 0 Å². The third-order valence-electron chi connectivity index (χ3n) is 9.93. The van der Waals surface area contributed by atoms with Gasteiger partial charge in [-0.1, -0.05) is 13.3 Å². The molecule has 260 valence electrons. The topological polar surface area (TPSA) is 78.3 Å². The summed E-state index contributed by atoms with van der Waals surface area (Å²) in [6.45, 7) is 7.10. The van der Waals surface area contributed by atoms with Gasteiger partial charge in [0.25, 0.3) is 0 Å². The quantitative estimate of drug-likeness (QED) is 0.0549. The van der Waals surface area contributed by atoms with Crippen molar-refractivity contribution < 1.29 is 9.32 Å². The average Bonchev–Trinajstić information content (AvgIpc) is 3.01. The molecule has 0 unspecified atom stereocenters. The van der Waals surface area contributed by atoms with E-state index in [-0.39, 0.29) is 5.97 Å². The summed E-state index contributed by atoms with van der Waals surface area (Å²) in [5.41, 5.74) is 12.3. The Hall–Kier alpha value is -0.180. The molecule has 0 aliphatic carbocycles. The van der Waals surface area contributed by atoms with Gasteiger partial charge < -0.3 is 0 Å². The standard InChI is InChI=1S/C38H81N2O2P/c1-5-9-13-17-18-19-20-21-22-23-24-30-36-43(33-27-14-10-6-2,34-28-15-11-7-3,35-29-16-12-8-4)42-38(41)37(40)31-25-26-32-39/h37H,5-36,39-40H2,1-4H3/t37-/m0/s1. The van der Waals surface area contributed by atoms with E-state index in [2.05, 4.69) is 27.7 Å². The molecule has 0 radical (unpaired) electrons. The molecule has 0 fully saturated rings. The Morgan fingerprint density at radius 1 is 0.488 bits per heavy atom. The fraction of sp³-hybridized carbons (Fsp3) is 0.974. The molecule has 4 N–H and O–H groups in total. The molecule has 4 nitrogen and oxygen atoms in total. The molecule has 0 aromatic carbocycles. The van der Waals surface area contributed by atoms with Gasteiger partial charge in [0.15, 0.2) is 0 Å². The van der Waals surface area contributed by atoms with Crippen molar-refractivity contribution in [1.29, 1.82) is 0 Å². The summed E-state index contributed by atoms with van der Waals surface area (Å²) in [4.78, 5) is 13.8. The third kappa shape index (κ3) is 22.1. The first-order valence-electron chi connectivity index (χ1n) is 19.6. The molecule has 0 bridgehead atoms. The summed E-state index contributed by atoms with van der Waals surface area (Å²) in [5.74, 6) is -0.0879. The molecule has 0 aliphatic rings. The minimum atomic E-state index is -2.73. The van der Waals surface area contributed by atoms with Crippen molar-refractivity contribution in [1.82, 2.24) is 0 Å². The van der Waals surface area contributed by atoms with Crippen molar-refractivity contribution in [3.63, 3.8) is 0 Å². The van der Waals surface area contributed by atoms with Gasteiger partial charge in [0, 0.05) is 0 Å². The Bertz CT molecular complexity index is 581. The molecule has 1 atom stereocenters. The van der Waals surface area contributed by atoms with E-state index in [9.17, 15) is 4.79 Å². The average molecular weight is 629 g/mol. The van der Waals surface area contributed by atoms with Crippen molar-refractivity contribution in [2.24, 2.45) is 11.5 Å². The van der Waals surface area contributed by atoms with Gasteiger partial charge in [0.1, 0.15) is 0 Å². The summed E-state index contributed by atoms with van der Waals surface area (Å²) in [5, 5.41) is 0. The molecule has 0 spiro atoms. The van der Waals surface area contributed by atoms with Crippen molar-refractivity contribution in [3.05, 3.63) is 0 Å². The van der Waals surface area contributed by atoms with Gasteiger partial charge >= 0.3 is 259 Å². The Kier molecular flexibility index (Phi) is 29.1. The molecule has 0 saturated heterocycles. The molecule has 0 heterocycles.